The second-order valence-electron chi connectivity index (χ2n) is 2.52. The number of pyridine rings is 1. The van der Waals surface area contributed by atoms with Crippen molar-refractivity contribution in [2.45, 2.75) is 0 Å². The van der Waals surface area contributed by atoms with Gasteiger partial charge in [-0.1, -0.05) is 6.58 Å². The first-order valence-corrected chi connectivity index (χ1v) is 3.45. The molecule has 1 amide bonds. The van der Waals surface area contributed by atoms with Crippen LogP contribution >= 0.6 is 0 Å². The first-order valence-electron chi connectivity index (χ1n) is 3.45. The normalized spacial score (nSPS) is 15.2. The summed E-state index contributed by atoms with van der Waals surface area (Å²) in [6.07, 6.45) is 1.56. The Hall–Kier alpha value is -1.58. The molecular weight excluding hydrogens is 151 g/mol. The maximum Gasteiger partial charge on any atom is 0.264 e. The minimum atomic E-state index is -0.296. The van der Waals surface area contributed by atoms with Crippen molar-refractivity contribution in [1.82, 2.24) is 9.79 Å². The topological polar surface area (TPSA) is 33.2 Å². The second kappa shape index (κ2) is 2.20. The SMILES string of the molecule is [B]N1C(=C)c2cccnc2C1=O. The smallest absolute Gasteiger partial charge is 0.264 e. The molecule has 0 unspecified atom stereocenters. The molecule has 0 aliphatic carbocycles. The van der Waals surface area contributed by atoms with Crippen LogP contribution in [0.2, 0.25) is 0 Å². The van der Waals surface area contributed by atoms with Crippen LogP contribution in [-0.4, -0.2) is 23.7 Å². The fraction of sp³-hybridized carbons (Fsp3) is 0. The molecular formula is C8H5BN2O. The van der Waals surface area contributed by atoms with Crippen molar-refractivity contribution >= 4 is 19.6 Å². The van der Waals surface area contributed by atoms with Gasteiger partial charge in [0.1, 0.15) is 5.69 Å². The molecule has 3 nitrogen and oxygen atoms in total. The molecule has 0 fully saturated rings. The Morgan fingerprint density at radius 1 is 1.58 bits per heavy atom. The van der Waals surface area contributed by atoms with Gasteiger partial charge in [-0.2, -0.15) is 0 Å². The first kappa shape index (κ1) is 7.09. The quantitative estimate of drug-likeness (QED) is 0.515. The third kappa shape index (κ3) is 0.719. The lowest BCUT2D eigenvalue weighted by atomic mass is 10.2. The van der Waals surface area contributed by atoms with Crippen LogP contribution in [0, 0.1) is 0 Å². The lowest BCUT2D eigenvalue weighted by Crippen LogP contribution is -2.18. The molecule has 0 saturated carbocycles. The number of rotatable bonds is 0. The molecule has 2 radical (unpaired) electrons. The van der Waals surface area contributed by atoms with Crippen LogP contribution < -0.4 is 0 Å². The fourth-order valence-corrected chi connectivity index (χ4v) is 1.18. The largest absolute Gasteiger partial charge is 0.364 e. The summed E-state index contributed by atoms with van der Waals surface area (Å²) in [5, 5.41) is 0. The molecule has 0 aromatic carbocycles. The number of aromatic nitrogens is 1. The van der Waals surface area contributed by atoms with Crippen molar-refractivity contribution in [3.63, 3.8) is 0 Å². The van der Waals surface area contributed by atoms with Gasteiger partial charge in [-0.05, 0) is 12.1 Å². The van der Waals surface area contributed by atoms with Crippen LogP contribution in [-0.2, 0) is 0 Å². The first-order chi connectivity index (χ1) is 5.72. The van der Waals surface area contributed by atoms with E-state index in [-0.39, 0.29) is 5.91 Å². The Balaban J connectivity index is 2.67. The highest BCUT2D eigenvalue weighted by Crippen LogP contribution is 2.27. The summed E-state index contributed by atoms with van der Waals surface area (Å²) in [6.45, 7) is 3.67. The maximum absolute atomic E-state index is 11.3. The minimum Gasteiger partial charge on any atom is -0.364 e. The molecule has 1 aliphatic heterocycles. The Morgan fingerprint density at radius 2 is 2.33 bits per heavy atom. The highest BCUT2D eigenvalue weighted by atomic mass is 16.2. The lowest BCUT2D eigenvalue weighted by Gasteiger charge is -2.08. The van der Waals surface area contributed by atoms with Crippen molar-refractivity contribution in [1.29, 1.82) is 0 Å². The molecule has 0 spiro atoms. The summed E-state index contributed by atoms with van der Waals surface area (Å²) < 4.78 is 0. The minimum absolute atomic E-state index is 0.296. The maximum atomic E-state index is 11.3. The van der Waals surface area contributed by atoms with Crippen LogP contribution in [0.1, 0.15) is 16.1 Å². The number of carbonyl (C=O) groups is 1. The van der Waals surface area contributed by atoms with E-state index < -0.39 is 0 Å². The van der Waals surface area contributed by atoms with Gasteiger partial charge in [0.15, 0.2) is 0 Å². The molecule has 4 heteroatoms. The average Bonchev–Trinajstić information content (AvgIpc) is 2.33. The lowest BCUT2D eigenvalue weighted by molar-refractivity contribution is 0.0913. The number of fused-ring (bicyclic) bond motifs is 1. The molecule has 0 bridgehead atoms. The zero-order chi connectivity index (χ0) is 8.72. The zero-order valence-electron chi connectivity index (χ0n) is 6.32. The van der Waals surface area contributed by atoms with Gasteiger partial charge in [0.05, 0.1) is 0 Å². The van der Waals surface area contributed by atoms with Crippen LogP contribution in [0.25, 0.3) is 5.70 Å². The second-order valence-corrected chi connectivity index (χ2v) is 2.52. The third-order valence-electron chi connectivity index (χ3n) is 1.83. The van der Waals surface area contributed by atoms with Crippen molar-refractivity contribution in [2.24, 2.45) is 0 Å². The van der Waals surface area contributed by atoms with Crippen LogP contribution in [0.3, 0.4) is 0 Å². The van der Waals surface area contributed by atoms with Crippen molar-refractivity contribution in [3.05, 3.63) is 36.2 Å². The number of nitrogens with zero attached hydrogens (tertiary/aromatic N) is 2. The van der Waals surface area contributed by atoms with E-state index in [1.807, 2.05) is 0 Å². The highest BCUT2D eigenvalue weighted by Gasteiger charge is 2.27. The van der Waals surface area contributed by atoms with E-state index in [4.69, 9.17) is 7.98 Å². The average molecular weight is 156 g/mol. The van der Waals surface area contributed by atoms with E-state index in [2.05, 4.69) is 11.6 Å². The molecule has 2 rings (SSSR count). The van der Waals surface area contributed by atoms with Crippen molar-refractivity contribution in [2.75, 3.05) is 0 Å². The molecule has 56 valence electrons. The fourth-order valence-electron chi connectivity index (χ4n) is 1.18. The monoisotopic (exact) mass is 156 g/mol. The van der Waals surface area contributed by atoms with E-state index in [9.17, 15) is 4.79 Å². The summed E-state index contributed by atoms with van der Waals surface area (Å²) >= 11 is 0. The molecule has 12 heavy (non-hydrogen) atoms. The summed E-state index contributed by atoms with van der Waals surface area (Å²) in [7, 11) is 5.42. The predicted molar refractivity (Wildman–Crippen MR) is 45.2 cm³/mol. The predicted octanol–water partition coefficient (Wildman–Crippen LogP) is 0.592. The van der Waals surface area contributed by atoms with E-state index in [1.54, 1.807) is 18.3 Å². The summed E-state index contributed by atoms with van der Waals surface area (Å²) in [6, 6.07) is 3.52. The number of hydrogen-bond donors (Lipinski definition) is 0. The van der Waals surface area contributed by atoms with Gasteiger partial charge in [0.2, 0.25) is 7.98 Å². The van der Waals surface area contributed by atoms with Gasteiger partial charge in [-0.3, -0.25) is 9.78 Å². The van der Waals surface area contributed by atoms with Gasteiger partial charge in [-0.15, -0.1) is 0 Å². The molecule has 1 aromatic rings. The zero-order valence-corrected chi connectivity index (χ0v) is 6.32. The summed E-state index contributed by atoms with van der Waals surface area (Å²) in [5.74, 6) is -0.296. The molecule has 1 aliphatic rings. The number of amides is 1. The van der Waals surface area contributed by atoms with Gasteiger partial charge in [0.25, 0.3) is 5.91 Å². The van der Waals surface area contributed by atoms with E-state index in [1.165, 1.54) is 0 Å². The summed E-state index contributed by atoms with van der Waals surface area (Å²) in [4.78, 5) is 16.2. The van der Waals surface area contributed by atoms with E-state index in [0.717, 1.165) is 4.81 Å². The van der Waals surface area contributed by atoms with Crippen molar-refractivity contribution < 1.29 is 4.79 Å². The van der Waals surface area contributed by atoms with E-state index >= 15 is 0 Å². The van der Waals surface area contributed by atoms with Gasteiger partial charge >= 0.3 is 0 Å². The molecule has 2 heterocycles. The number of carbonyl (C=O) groups excluding carboxylic acids is 1. The number of hydrogen-bond acceptors (Lipinski definition) is 2. The van der Waals surface area contributed by atoms with Gasteiger partial charge in [0, 0.05) is 17.5 Å². The van der Waals surface area contributed by atoms with E-state index in [0.29, 0.717) is 17.0 Å². The third-order valence-corrected chi connectivity index (χ3v) is 1.83. The Bertz CT molecular complexity index is 340. The highest BCUT2D eigenvalue weighted by molar-refractivity contribution is 6.26. The Labute approximate surface area is 71.1 Å². The summed E-state index contributed by atoms with van der Waals surface area (Å²) in [5.41, 5.74) is 1.60. The standard InChI is InChI=1S/C8H5BN2O/c1-5-6-3-2-4-10-7(6)8(12)11(5)9/h2-4H,1H2. The van der Waals surface area contributed by atoms with Gasteiger partial charge in [-0.25, -0.2) is 0 Å². The van der Waals surface area contributed by atoms with Gasteiger partial charge < -0.3 is 4.81 Å². The molecule has 0 atom stereocenters. The Kier molecular flexibility index (Phi) is 1.30. The van der Waals surface area contributed by atoms with Crippen LogP contribution in [0.5, 0.6) is 0 Å². The molecule has 0 saturated heterocycles. The molecule has 1 aromatic heterocycles. The Morgan fingerprint density at radius 3 is 3.00 bits per heavy atom. The van der Waals surface area contributed by atoms with Crippen LogP contribution in [0.15, 0.2) is 24.9 Å². The molecule has 0 N–H and O–H groups in total. The van der Waals surface area contributed by atoms with Crippen LogP contribution in [0.4, 0.5) is 0 Å². The van der Waals surface area contributed by atoms with Crippen molar-refractivity contribution in [3.8, 4) is 0 Å².